The van der Waals surface area contributed by atoms with Crippen LogP contribution >= 0.6 is 7.60 Å². The fourth-order valence-electron chi connectivity index (χ4n) is 0.225. The van der Waals surface area contributed by atoms with Crippen molar-refractivity contribution in [2.75, 3.05) is 10.7 Å². The third kappa shape index (κ3) is 10.3. The number of carbonyl (C=O) groups is 1. The molecule has 0 radical (unpaired) electrons. The van der Waals surface area contributed by atoms with Crippen molar-refractivity contribution < 1.29 is 45.7 Å². The first-order valence-corrected chi connectivity index (χ1v) is 6.89. The number of carboxylic acid groups (broad SMARTS) is 1. The maximum atomic E-state index is 10.2. The van der Waals surface area contributed by atoms with Crippen molar-refractivity contribution in [1.82, 2.24) is 3.53 Å². The minimum absolute atomic E-state index is 0.0289. The van der Waals surface area contributed by atoms with E-state index in [-0.39, 0.29) is 4.43 Å². The van der Waals surface area contributed by atoms with Crippen LogP contribution in [-0.4, -0.2) is 31.6 Å². The summed E-state index contributed by atoms with van der Waals surface area (Å²) in [6.07, 6.45) is -0.423. The SMILES string of the molecule is O=C(O)C[I-]NCP(=O)(O)O. The first-order valence-electron chi connectivity index (χ1n) is 2.49. The Bertz CT molecular complexity index is 179. The van der Waals surface area contributed by atoms with Crippen molar-refractivity contribution in [1.29, 1.82) is 0 Å². The zero-order valence-electron chi connectivity index (χ0n) is 5.40. The number of carboxylic acids is 1. The van der Waals surface area contributed by atoms with Gasteiger partial charge in [-0.05, 0) is 0 Å². The predicted octanol–water partition coefficient (Wildman–Crippen LogP) is -4.20. The van der Waals surface area contributed by atoms with Gasteiger partial charge >= 0.3 is 73.5 Å². The molecule has 0 aliphatic heterocycles. The summed E-state index contributed by atoms with van der Waals surface area (Å²) in [7, 11) is -4.00. The fraction of sp³-hybridized carbons (Fsp3) is 0.667. The third-order valence-electron chi connectivity index (χ3n) is 0.541. The number of halogens is 1. The molecule has 0 saturated heterocycles. The van der Waals surface area contributed by atoms with Gasteiger partial charge in [0.15, 0.2) is 0 Å². The number of rotatable bonds is 5. The standard InChI is InChI=1S/C3H8INO5P/c6-3(7)1-4-5-2-11(8,9)10/h5H,1-2H2,(H,6,7)(H2,8,9,10)/q-1. The Balaban J connectivity index is 3.29. The number of hydrogen-bond donors (Lipinski definition) is 4. The second kappa shape index (κ2) is 5.04. The molecule has 0 amide bonds. The summed E-state index contributed by atoms with van der Waals surface area (Å²) < 4.78 is 12.6. The van der Waals surface area contributed by atoms with Gasteiger partial charge in [-0.1, -0.05) is 0 Å². The number of nitrogens with one attached hydrogen (secondary N) is 1. The van der Waals surface area contributed by atoms with Crippen LogP contribution in [0.3, 0.4) is 0 Å². The average Bonchev–Trinajstić information content (AvgIpc) is 1.78. The molecule has 0 fully saturated rings. The Morgan fingerprint density at radius 2 is 2.09 bits per heavy atom. The summed E-state index contributed by atoms with van der Waals surface area (Å²) in [6, 6.07) is 0. The van der Waals surface area contributed by atoms with Crippen molar-refractivity contribution in [3.8, 4) is 0 Å². The van der Waals surface area contributed by atoms with E-state index in [4.69, 9.17) is 14.9 Å². The molecule has 0 aromatic rings. The Kier molecular flexibility index (Phi) is 5.19. The van der Waals surface area contributed by atoms with Crippen LogP contribution < -0.4 is 25.0 Å². The van der Waals surface area contributed by atoms with E-state index in [0.29, 0.717) is 0 Å². The van der Waals surface area contributed by atoms with E-state index in [1.807, 2.05) is 0 Å². The van der Waals surface area contributed by atoms with Gasteiger partial charge < -0.3 is 0 Å². The van der Waals surface area contributed by atoms with Gasteiger partial charge in [-0.25, -0.2) is 0 Å². The van der Waals surface area contributed by atoms with Crippen LogP contribution in [0.25, 0.3) is 0 Å². The number of alkyl halides is 1. The third-order valence-corrected chi connectivity index (χ3v) is 3.67. The molecule has 0 aliphatic rings. The Labute approximate surface area is 73.8 Å². The van der Waals surface area contributed by atoms with Crippen molar-refractivity contribution in [2.45, 2.75) is 0 Å². The fourth-order valence-corrected chi connectivity index (χ4v) is 3.12. The quantitative estimate of drug-likeness (QED) is 0.135. The second-order valence-corrected chi connectivity index (χ2v) is 5.55. The molecule has 0 heterocycles. The van der Waals surface area contributed by atoms with Crippen LogP contribution in [0.2, 0.25) is 0 Å². The van der Waals surface area contributed by atoms with Crippen LogP contribution in [0, 0.1) is 0 Å². The van der Waals surface area contributed by atoms with E-state index in [0.717, 1.165) is 0 Å². The summed E-state index contributed by atoms with van der Waals surface area (Å²) in [6.45, 7) is 0. The molecule has 0 spiro atoms. The van der Waals surface area contributed by atoms with E-state index in [2.05, 4.69) is 3.53 Å². The molecule has 0 atom stereocenters. The van der Waals surface area contributed by atoms with Crippen LogP contribution in [0.4, 0.5) is 0 Å². The summed E-state index contributed by atoms with van der Waals surface area (Å²) in [5.74, 6) is -0.948. The number of hydrogen-bond acceptors (Lipinski definition) is 3. The van der Waals surface area contributed by atoms with Crippen molar-refractivity contribution in [2.24, 2.45) is 0 Å². The predicted molar refractivity (Wildman–Crippen MR) is 32.5 cm³/mol. The molecule has 0 aromatic carbocycles. The van der Waals surface area contributed by atoms with E-state index in [1.54, 1.807) is 0 Å². The van der Waals surface area contributed by atoms with Gasteiger partial charge in [-0.15, -0.1) is 0 Å². The van der Waals surface area contributed by atoms with E-state index in [9.17, 15) is 9.36 Å². The topological polar surface area (TPSA) is 107 Å². The Morgan fingerprint density at radius 1 is 1.55 bits per heavy atom. The van der Waals surface area contributed by atoms with Crippen LogP contribution in [0.15, 0.2) is 0 Å². The van der Waals surface area contributed by atoms with Gasteiger partial charge in [0, 0.05) is 0 Å². The summed E-state index contributed by atoms with van der Waals surface area (Å²) in [4.78, 5) is 26.5. The van der Waals surface area contributed by atoms with Gasteiger partial charge in [0.2, 0.25) is 0 Å². The summed E-state index contributed by atoms with van der Waals surface area (Å²) >= 11 is -0.823. The molecule has 0 aromatic heterocycles. The molecule has 8 heteroatoms. The first kappa shape index (κ1) is 11.3. The van der Waals surface area contributed by atoms with E-state index < -0.39 is 41.3 Å². The van der Waals surface area contributed by atoms with Crippen molar-refractivity contribution in [3.63, 3.8) is 0 Å². The maximum absolute atomic E-state index is 10.2. The van der Waals surface area contributed by atoms with Crippen molar-refractivity contribution >= 4 is 13.6 Å². The van der Waals surface area contributed by atoms with Gasteiger partial charge in [-0.2, -0.15) is 0 Å². The van der Waals surface area contributed by atoms with Gasteiger partial charge in [0.05, 0.1) is 0 Å². The molecular weight excluding hydrogens is 288 g/mol. The van der Waals surface area contributed by atoms with Crippen molar-refractivity contribution in [3.05, 3.63) is 0 Å². The van der Waals surface area contributed by atoms with Gasteiger partial charge in [0.25, 0.3) is 0 Å². The van der Waals surface area contributed by atoms with E-state index >= 15 is 0 Å². The van der Waals surface area contributed by atoms with E-state index in [1.165, 1.54) is 0 Å². The molecule has 0 aliphatic carbocycles. The zero-order valence-corrected chi connectivity index (χ0v) is 8.45. The average molecular weight is 296 g/mol. The molecule has 68 valence electrons. The minimum atomic E-state index is -4.00. The monoisotopic (exact) mass is 296 g/mol. The Morgan fingerprint density at radius 3 is 2.45 bits per heavy atom. The molecule has 6 nitrogen and oxygen atoms in total. The Hall–Kier alpha value is 0.310. The molecule has 0 rings (SSSR count). The molecule has 0 unspecified atom stereocenters. The first-order chi connectivity index (χ1) is 4.92. The van der Waals surface area contributed by atoms with Gasteiger partial charge in [-0.3, -0.25) is 0 Å². The molecule has 4 N–H and O–H groups in total. The molecule has 0 bridgehead atoms. The number of aliphatic carboxylic acids is 1. The second-order valence-electron chi connectivity index (χ2n) is 1.62. The molecular formula is C3H8INO5P-. The van der Waals surface area contributed by atoms with Crippen LogP contribution in [-0.2, 0) is 9.36 Å². The summed E-state index contributed by atoms with van der Waals surface area (Å²) in [5, 5.41) is 8.14. The van der Waals surface area contributed by atoms with Crippen LogP contribution in [0.1, 0.15) is 0 Å². The van der Waals surface area contributed by atoms with Crippen LogP contribution in [0.5, 0.6) is 0 Å². The summed E-state index contributed by atoms with van der Waals surface area (Å²) in [5.41, 5.74) is 0. The molecule has 11 heavy (non-hydrogen) atoms. The normalized spacial score (nSPS) is 11.8. The van der Waals surface area contributed by atoms with Gasteiger partial charge in [0.1, 0.15) is 0 Å². The zero-order chi connectivity index (χ0) is 8.91. The molecule has 0 saturated carbocycles.